The Morgan fingerprint density at radius 1 is 0.475 bits per heavy atom. The fourth-order valence-electron chi connectivity index (χ4n) is 6.16. The summed E-state index contributed by atoms with van der Waals surface area (Å²) in [5.41, 5.74) is 0. The highest BCUT2D eigenvalue weighted by Crippen LogP contribution is 2.43. The summed E-state index contributed by atoms with van der Waals surface area (Å²) in [7, 11) is -9.68. The van der Waals surface area contributed by atoms with E-state index in [0.29, 0.717) is 12.8 Å². The van der Waals surface area contributed by atoms with E-state index in [-0.39, 0.29) is 12.8 Å². The number of phosphoric ester groups is 2. The molecule has 3 atom stereocenters. The number of phosphoric acid groups is 2. The lowest BCUT2D eigenvalue weighted by Crippen LogP contribution is -2.30. The molecule has 15 heteroatoms. The maximum absolute atomic E-state index is 12.7. The van der Waals surface area contributed by atoms with Gasteiger partial charge in [0, 0.05) is 12.8 Å². The third-order valence-corrected chi connectivity index (χ3v) is 11.1. The van der Waals surface area contributed by atoms with Crippen molar-refractivity contribution in [2.45, 2.75) is 206 Å². The van der Waals surface area contributed by atoms with Crippen LogP contribution >= 0.6 is 15.6 Å². The number of allylic oxidation sites excluding steroid dienone is 8. The Bertz CT molecular complexity index is 1260. The van der Waals surface area contributed by atoms with Crippen LogP contribution in [0.5, 0.6) is 0 Å². The summed E-state index contributed by atoms with van der Waals surface area (Å²) in [5, 5.41) is 9.76. The Kier molecular flexibility index (Phi) is 40.7. The largest absolute Gasteiger partial charge is 0.472 e. The van der Waals surface area contributed by atoms with Gasteiger partial charge in [0.05, 0.1) is 19.8 Å². The van der Waals surface area contributed by atoms with E-state index in [1.165, 1.54) is 89.9 Å². The first-order valence-corrected chi connectivity index (χ1v) is 26.4. The van der Waals surface area contributed by atoms with Gasteiger partial charge in [-0.2, -0.15) is 0 Å². The minimum absolute atomic E-state index is 0.0945. The number of carbonyl (C=O) groups is 2. The van der Waals surface area contributed by atoms with Crippen LogP contribution in [0.15, 0.2) is 48.6 Å². The number of unbranched alkanes of at least 4 members (excludes halogenated alkanes) is 20. The first-order valence-electron chi connectivity index (χ1n) is 23.3. The van der Waals surface area contributed by atoms with Gasteiger partial charge in [-0.25, -0.2) is 9.13 Å². The number of carbonyl (C=O) groups excluding carboxylic acids is 2. The Morgan fingerprint density at radius 3 is 1.34 bits per heavy atom. The predicted molar refractivity (Wildman–Crippen MR) is 244 cm³/mol. The summed E-state index contributed by atoms with van der Waals surface area (Å²) in [6.07, 6.45) is 43.8. The van der Waals surface area contributed by atoms with Crippen LogP contribution in [-0.4, -0.2) is 70.4 Å². The van der Waals surface area contributed by atoms with Gasteiger partial charge < -0.3 is 29.3 Å². The van der Waals surface area contributed by atoms with Crippen LogP contribution in [0.2, 0.25) is 0 Å². The Morgan fingerprint density at radius 2 is 0.852 bits per heavy atom. The maximum Gasteiger partial charge on any atom is 0.472 e. The number of hydrogen-bond acceptors (Lipinski definition) is 10. The molecule has 0 aromatic rings. The van der Waals surface area contributed by atoms with Gasteiger partial charge in [-0.1, -0.05) is 172 Å². The number of hydrogen-bond donors (Lipinski definition) is 4. The average molecular weight is 907 g/mol. The first kappa shape index (κ1) is 59.1. The smallest absolute Gasteiger partial charge is 0.462 e. The van der Waals surface area contributed by atoms with Crippen molar-refractivity contribution >= 4 is 27.6 Å². The molecule has 0 fully saturated rings. The lowest BCUT2D eigenvalue weighted by atomic mass is 10.0. The maximum atomic E-state index is 12.7. The van der Waals surface area contributed by atoms with Crippen molar-refractivity contribution in [2.75, 3.05) is 26.4 Å². The van der Waals surface area contributed by atoms with E-state index in [1.54, 1.807) is 0 Å². The highest BCUT2D eigenvalue weighted by molar-refractivity contribution is 7.47. The van der Waals surface area contributed by atoms with Crippen molar-refractivity contribution in [3.8, 4) is 0 Å². The summed E-state index contributed by atoms with van der Waals surface area (Å²) in [6.45, 7) is 1.72. The van der Waals surface area contributed by atoms with Crippen LogP contribution in [0.1, 0.15) is 194 Å². The third kappa shape index (κ3) is 45.9. The molecule has 0 amide bonds. The molecule has 0 aliphatic carbocycles. The second kappa shape index (κ2) is 42.1. The average Bonchev–Trinajstić information content (AvgIpc) is 3.22. The van der Waals surface area contributed by atoms with Crippen molar-refractivity contribution in [3.63, 3.8) is 0 Å². The van der Waals surface area contributed by atoms with Gasteiger partial charge in [-0.05, 0) is 57.8 Å². The molecule has 0 aliphatic rings. The van der Waals surface area contributed by atoms with Crippen LogP contribution in [0.25, 0.3) is 0 Å². The van der Waals surface area contributed by atoms with Gasteiger partial charge >= 0.3 is 27.6 Å². The molecule has 0 bridgehead atoms. The zero-order valence-electron chi connectivity index (χ0n) is 37.8. The van der Waals surface area contributed by atoms with E-state index in [4.69, 9.17) is 28.3 Å². The quantitative estimate of drug-likeness (QED) is 0.0195. The van der Waals surface area contributed by atoms with Crippen molar-refractivity contribution in [3.05, 3.63) is 48.6 Å². The van der Waals surface area contributed by atoms with Crippen LogP contribution < -0.4 is 0 Å². The van der Waals surface area contributed by atoms with Crippen molar-refractivity contribution in [1.29, 1.82) is 0 Å². The summed E-state index contributed by atoms with van der Waals surface area (Å²) < 4.78 is 47.8. The van der Waals surface area contributed by atoms with Gasteiger partial charge in [-0.3, -0.25) is 23.2 Å². The summed E-state index contributed by atoms with van der Waals surface area (Å²) in [5.74, 6) is -1.06. The van der Waals surface area contributed by atoms with E-state index < -0.39 is 66.2 Å². The summed E-state index contributed by atoms with van der Waals surface area (Å²) in [6, 6.07) is 0. The number of rotatable bonds is 44. The molecule has 0 saturated heterocycles. The Labute approximate surface area is 369 Å². The molecular weight excluding hydrogens is 822 g/mol. The molecule has 0 saturated carbocycles. The second-order valence-electron chi connectivity index (χ2n) is 15.7. The fraction of sp³-hybridized carbons (Fsp3) is 0.783. The number of ether oxygens (including phenoxy) is 2. The molecule has 0 heterocycles. The molecule has 0 aliphatic heterocycles. The predicted octanol–water partition coefficient (Wildman–Crippen LogP) is 12.2. The summed E-state index contributed by atoms with van der Waals surface area (Å²) in [4.78, 5) is 52.8. The standard InChI is InChI=1S/C46H84O13P2/c1-3-5-7-9-11-13-15-17-19-20-21-22-24-26-28-30-32-34-36-38-46(49)59-44(42-58-61(53,54)57-40-43(47)39-56-60(50,51)52)41-55-45(48)37-35-33-31-29-27-25-23-18-16-14-12-10-8-6-4-2/h11,13,17,19,21-22,26,28,43-44,47H,3-10,12,14-16,18,20,23-25,27,29-42H2,1-2H3,(H,53,54)(H2,50,51,52). The molecule has 0 aromatic carbocycles. The van der Waals surface area contributed by atoms with Crippen molar-refractivity contribution in [2.24, 2.45) is 0 Å². The lowest BCUT2D eigenvalue weighted by Gasteiger charge is -2.20. The first-order chi connectivity index (χ1) is 29.4. The van der Waals surface area contributed by atoms with Gasteiger partial charge in [0.2, 0.25) is 0 Å². The highest BCUT2D eigenvalue weighted by atomic mass is 31.2. The SMILES string of the molecule is CCCCCC=CCC=CCC=CCC=CCCCCCC(=O)OC(COC(=O)CCCCCCCCCCCCCCCCC)COP(=O)(O)OCC(O)COP(=O)(O)O. The van der Waals surface area contributed by atoms with Gasteiger partial charge in [0.1, 0.15) is 12.7 Å². The lowest BCUT2D eigenvalue weighted by molar-refractivity contribution is -0.161. The summed E-state index contributed by atoms with van der Waals surface area (Å²) >= 11 is 0. The third-order valence-electron chi connectivity index (χ3n) is 9.71. The van der Waals surface area contributed by atoms with E-state index in [2.05, 4.69) is 67.0 Å². The van der Waals surface area contributed by atoms with E-state index >= 15 is 0 Å². The molecule has 0 rings (SSSR count). The van der Waals surface area contributed by atoms with E-state index in [0.717, 1.165) is 64.2 Å². The van der Waals surface area contributed by atoms with Crippen LogP contribution in [0, 0.1) is 0 Å². The topological polar surface area (TPSA) is 195 Å². The van der Waals surface area contributed by atoms with Crippen LogP contribution in [-0.2, 0) is 41.8 Å². The second-order valence-corrected chi connectivity index (χ2v) is 18.4. The van der Waals surface area contributed by atoms with Crippen LogP contribution in [0.3, 0.4) is 0 Å². The van der Waals surface area contributed by atoms with Crippen molar-refractivity contribution in [1.82, 2.24) is 0 Å². The number of esters is 2. The van der Waals surface area contributed by atoms with Crippen LogP contribution in [0.4, 0.5) is 0 Å². The molecular formula is C46H84O13P2. The molecule has 3 unspecified atom stereocenters. The minimum Gasteiger partial charge on any atom is -0.462 e. The van der Waals surface area contributed by atoms with E-state index in [9.17, 15) is 28.7 Å². The van der Waals surface area contributed by atoms with E-state index in [1.807, 2.05) is 0 Å². The Balaban J connectivity index is 4.54. The van der Waals surface area contributed by atoms with Gasteiger partial charge in [0.25, 0.3) is 0 Å². The van der Waals surface area contributed by atoms with Gasteiger partial charge in [-0.15, -0.1) is 0 Å². The normalized spacial score (nSPS) is 14.4. The zero-order valence-corrected chi connectivity index (χ0v) is 39.5. The monoisotopic (exact) mass is 907 g/mol. The number of aliphatic hydroxyl groups is 1. The highest BCUT2D eigenvalue weighted by Gasteiger charge is 2.28. The molecule has 0 spiro atoms. The molecule has 4 N–H and O–H groups in total. The molecule has 13 nitrogen and oxygen atoms in total. The Hall–Kier alpha value is -1.92. The molecule has 0 aromatic heterocycles. The molecule has 0 radical (unpaired) electrons. The fourth-order valence-corrected chi connectivity index (χ4v) is 7.31. The molecule has 61 heavy (non-hydrogen) atoms. The molecule has 356 valence electrons. The number of aliphatic hydroxyl groups excluding tert-OH is 1. The van der Waals surface area contributed by atoms with Crippen molar-refractivity contribution < 1.29 is 61.6 Å². The zero-order chi connectivity index (χ0) is 45.1. The minimum atomic E-state index is -4.87. The van der Waals surface area contributed by atoms with Gasteiger partial charge in [0.15, 0.2) is 6.10 Å².